The van der Waals surface area contributed by atoms with Gasteiger partial charge in [0.15, 0.2) is 0 Å². The van der Waals surface area contributed by atoms with Crippen molar-refractivity contribution in [2.45, 2.75) is 31.3 Å². The molecule has 0 radical (unpaired) electrons. The first-order chi connectivity index (χ1) is 8.40. The number of rotatable bonds is 0. The summed E-state index contributed by atoms with van der Waals surface area (Å²) in [6, 6.07) is 11.2. The molecule has 1 N–H and O–H groups in total. The smallest absolute Gasteiger partial charge is 0.0707 e. The summed E-state index contributed by atoms with van der Waals surface area (Å²) in [5.74, 6) is 0. The zero-order chi connectivity index (χ0) is 11.3. The van der Waals surface area contributed by atoms with E-state index in [1.54, 1.807) is 10.4 Å². The molecular formula is C15H16ClNS. The fourth-order valence-electron chi connectivity index (χ4n) is 3.46. The molecule has 2 aromatic rings. The van der Waals surface area contributed by atoms with E-state index >= 15 is 0 Å². The third-order valence-corrected chi connectivity index (χ3v) is 5.20. The molecule has 0 amide bonds. The third kappa shape index (κ3) is 1.49. The van der Waals surface area contributed by atoms with Crippen LogP contribution >= 0.6 is 23.7 Å². The van der Waals surface area contributed by atoms with E-state index in [4.69, 9.17) is 0 Å². The van der Waals surface area contributed by atoms with Crippen molar-refractivity contribution in [3.05, 3.63) is 57.3 Å². The molecule has 1 aromatic heterocycles. The highest BCUT2D eigenvalue weighted by Gasteiger charge is 2.42. The van der Waals surface area contributed by atoms with Gasteiger partial charge in [-0.15, -0.1) is 23.7 Å². The van der Waals surface area contributed by atoms with E-state index in [0.29, 0.717) is 0 Å². The van der Waals surface area contributed by atoms with Crippen molar-refractivity contribution in [1.29, 1.82) is 0 Å². The normalized spacial score (nSPS) is 24.4. The van der Waals surface area contributed by atoms with Crippen molar-refractivity contribution in [3.8, 4) is 0 Å². The molecule has 2 aliphatic rings. The highest BCUT2D eigenvalue weighted by atomic mass is 35.5. The Morgan fingerprint density at radius 3 is 2.94 bits per heavy atom. The summed E-state index contributed by atoms with van der Waals surface area (Å²) in [5, 5.41) is 6.04. The summed E-state index contributed by atoms with van der Waals surface area (Å²) < 4.78 is 0. The van der Waals surface area contributed by atoms with E-state index in [1.165, 1.54) is 30.4 Å². The van der Waals surface area contributed by atoms with Gasteiger partial charge in [-0.1, -0.05) is 24.3 Å². The summed E-state index contributed by atoms with van der Waals surface area (Å²) in [5.41, 5.74) is 4.66. The molecule has 94 valence electrons. The summed E-state index contributed by atoms with van der Waals surface area (Å²) in [6.07, 6.45) is 3.81. The van der Waals surface area contributed by atoms with Gasteiger partial charge in [-0.3, -0.25) is 5.32 Å². The SMILES string of the molecule is Cl.c1ccc2c(c1)CNC21CCCc2sccc21. The van der Waals surface area contributed by atoms with Crippen molar-refractivity contribution in [3.63, 3.8) is 0 Å². The van der Waals surface area contributed by atoms with E-state index in [2.05, 4.69) is 41.0 Å². The zero-order valence-corrected chi connectivity index (χ0v) is 11.7. The molecule has 1 aliphatic heterocycles. The minimum atomic E-state index is 0. The molecule has 1 aliphatic carbocycles. The van der Waals surface area contributed by atoms with Crippen LogP contribution in [0.1, 0.15) is 34.4 Å². The summed E-state index contributed by atoms with van der Waals surface area (Å²) in [4.78, 5) is 1.58. The Morgan fingerprint density at radius 2 is 2.00 bits per heavy atom. The van der Waals surface area contributed by atoms with Gasteiger partial charge in [-0.25, -0.2) is 0 Å². The Balaban J connectivity index is 0.000001000. The molecule has 18 heavy (non-hydrogen) atoms. The Bertz CT molecular complexity index is 577. The highest BCUT2D eigenvalue weighted by Crippen LogP contribution is 2.46. The Hall–Kier alpha value is -0.830. The first-order valence-electron chi connectivity index (χ1n) is 6.30. The van der Waals surface area contributed by atoms with Crippen molar-refractivity contribution in [2.24, 2.45) is 0 Å². The second-order valence-electron chi connectivity index (χ2n) is 5.03. The maximum atomic E-state index is 3.79. The van der Waals surface area contributed by atoms with Crippen LogP contribution in [-0.2, 0) is 18.5 Å². The maximum Gasteiger partial charge on any atom is 0.0707 e. The number of hydrogen-bond donors (Lipinski definition) is 1. The number of thiophene rings is 1. The molecule has 0 bridgehead atoms. The van der Waals surface area contributed by atoms with Crippen LogP contribution in [0.4, 0.5) is 0 Å². The molecule has 1 nitrogen and oxygen atoms in total. The quantitative estimate of drug-likeness (QED) is 0.771. The summed E-state index contributed by atoms with van der Waals surface area (Å²) in [6.45, 7) is 1.02. The van der Waals surface area contributed by atoms with E-state index in [1.807, 2.05) is 11.3 Å². The molecule has 1 aromatic carbocycles. The lowest BCUT2D eigenvalue weighted by Crippen LogP contribution is -2.40. The predicted molar refractivity (Wildman–Crippen MR) is 78.6 cm³/mol. The average molecular weight is 278 g/mol. The van der Waals surface area contributed by atoms with Crippen molar-refractivity contribution < 1.29 is 0 Å². The molecule has 4 rings (SSSR count). The van der Waals surface area contributed by atoms with Crippen LogP contribution in [0, 0.1) is 0 Å². The molecular weight excluding hydrogens is 262 g/mol. The Morgan fingerprint density at radius 1 is 1.11 bits per heavy atom. The first kappa shape index (κ1) is 12.2. The average Bonchev–Trinajstić information content (AvgIpc) is 2.97. The molecule has 1 unspecified atom stereocenters. The zero-order valence-electron chi connectivity index (χ0n) is 10.1. The third-order valence-electron chi connectivity index (χ3n) is 4.22. The largest absolute Gasteiger partial charge is 0.300 e. The highest BCUT2D eigenvalue weighted by molar-refractivity contribution is 7.10. The van der Waals surface area contributed by atoms with Gasteiger partial charge < -0.3 is 0 Å². The Kier molecular flexibility index (Phi) is 2.97. The van der Waals surface area contributed by atoms with Gasteiger partial charge in [0, 0.05) is 11.4 Å². The lowest BCUT2D eigenvalue weighted by molar-refractivity contribution is 0.374. The van der Waals surface area contributed by atoms with Crippen LogP contribution in [0.2, 0.25) is 0 Å². The number of halogens is 1. The number of benzene rings is 1. The first-order valence-corrected chi connectivity index (χ1v) is 7.18. The molecule has 0 fully saturated rings. The lowest BCUT2D eigenvalue weighted by atomic mass is 9.76. The predicted octanol–water partition coefficient (Wildman–Crippen LogP) is 3.85. The van der Waals surface area contributed by atoms with E-state index < -0.39 is 0 Å². The van der Waals surface area contributed by atoms with Crippen LogP contribution in [0.5, 0.6) is 0 Å². The molecule has 0 saturated carbocycles. The maximum absolute atomic E-state index is 3.79. The summed E-state index contributed by atoms with van der Waals surface area (Å²) in [7, 11) is 0. The van der Waals surface area contributed by atoms with Gasteiger partial charge in [-0.2, -0.15) is 0 Å². The van der Waals surface area contributed by atoms with Crippen molar-refractivity contribution in [2.75, 3.05) is 0 Å². The van der Waals surface area contributed by atoms with E-state index in [0.717, 1.165) is 6.54 Å². The minimum Gasteiger partial charge on any atom is -0.300 e. The van der Waals surface area contributed by atoms with Gasteiger partial charge in [0.2, 0.25) is 0 Å². The van der Waals surface area contributed by atoms with E-state index in [9.17, 15) is 0 Å². The van der Waals surface area contributed by atoms with Gasteiger partial charge in [0.05, 0.1) is 5.54 Å². The molecule has 1 atom stereocenters. The number of fused-ring (bicyclic) bond motifs is 4. The molecule has 0 saturated heterocycles. The number of hydrogen-bond acceptors (Lipinski definition) is 2. The topological polar surface area (TPSA) is 12.0 Å². The summed E-state index contributed by atoms with van der Waals surface area (Å²) >= 11 is 1.92. The van der Waals surface area contributed by atoms with Crippen LogP contribution in [0.15, 0.2) is 35.7 Å². The van der Waals surface area contributed by atoms with Crippen LogP contribution < -0.4 is 5.32 Å². The van der Waals surface area contributed by atoms with Crippen LogP contribution in [-0.4, -0.2) is 0 Å². The van der Waals surface area contributed by atoms with Crippen LogP contribution in [0.25, 0.3) is 0 Å². The van der Waals surface area contributed by atoms with Crippen LogP contribution in [0.3, 0.4) is 0 Å². The lowest BCUT2D eigenvalue weighted by Gasteiger charge is -2.35. The molecule has 2 heterocycles. The van der Waals surface area contributed by atoms with Crippen molar-refractivity contribution >= 4 is 23.7 Å². The number of aryl methyl sites for hydroxylation is 1. The van der Waals surface area contributed by atoms with Gasteiger partial charge in [0.1, 0.15) is 0 Å². The molecule has 3 heteroatoms. The minimum absolute atomic E-state index is 0. The van der Waals surface area contributed by atoms with E-state index in [-0.39, 0.29) is 17.9 Å². The molecule has 1 spiro atoms. The second kappa shape index (κ2) is 4.37. The number of nitrogens with one attached hydrogen (secondary N) is 1. The second-order valence-corrected chi connectivity index (χ2v) is 6.03. The van der Waals surface area contributed by atoms with Gasteiger partial charge in [-0.05, 0) is 47.4 Å². The fraction of sp³-hybridized carbons (Fsp3) is 0.333. The van der Waals surface area contributed by atoms with Gasteiger partial charge >= 0.3 is 0 Å². The van der Waals surface area contributed by atoms with Gasteiger partial charge in [0.25, 0.3) is 0 Å². The Labute approximate surface area is 118 Å². The van der Waals surface area contributed by atoms with Crippen molar-refractivity contribution in [1.82, 2.24) is 5.32 Å². The monoisotopic (exact) mass is 277 g/mol. The fourth-order valence-corrected chi connectivity index (χ4v) is 4.46. The standard InChI is InChI=1S/C15H15NS.ClH/c1-2-5-12-11(4-1)10-16-15(12)8-3-6-14-13(15)7-9-17-14;/h1-2,4-5,7,9,16H,3,6,8,10H2;1H.